The van der Waals surface area contributed by atoms with Crippen LogP contribution in [0.1, 0.15) is 64.2 Å². The van der Waals surface area contributed by atoms with E-state index in [4.69, 9.17) is 0 Å². The van der Waals surface area contributed by atoms with E-state index in [-0.39, 0.29) is 12.4 Å². The third-order valence-electron chi connectivity index (χ3n) is 7.63. The molecule has 130 valence electrons. The second-order valence-electron chi connectivity index (χ2n) is 9.27. The molecule has 1 N–H and O–H groups in total. The van der Waals surface area contributed by atoms with Gasteiger partial charge in [0.1, 0.15) is 0 Å². The summed E-state index contributed by atoms with van der Waals surface area (Å²) in [5.74, 6) is 3.39. The van der Waals surface area contributed by atoms with Gasteiger partial charge in [-0.05, 0) is 87.5 Å². The van der Waals surface area contributed by atoms with Crippen LogP contribution in [0.4, 0.5) is 0 Å². The Hall–Kier alpha value is -0.280. The predicted molar refractivity (Wildman–Crippen MR) is 93.6 cm³/mol. The van der Waals surface area contributed by atoms with Crippen LogP contribution in [0.2, 0.25) is 0 Å². The lowest BCUT2D eigenvalue weighted by Gasteiger charge is -2.57. The van der Waals surface area contributed by atoms with Gasteiger partial charge in [0.15, 0.2) is 0 Å². The first kappa shape index (κ1) is 16.2. The number of fused-ring (bicyclic) bond motifs is 2. The minimum Gasteiger partial charge on any atom is -0.335 e. The van der Waals surface area contributed by atoms with Gasteiger partial charge in [-0.25, -0.2) is 0 Å². The van der Waals surface area contributed by atoms with Gasteiger partial charge < -0.3 is 10.2 Å². The predicted octanol–water partition coefficient (Wildman–Crippen LogP) is 3.37. The number of amides is 1. The fraction of sp³-hybridized carbons (Fsp3) is 0.947. The van der Waals surface area contributed by atoms with Crippen molar-refractivity contribution in [1.82, 2.24) is 10.2 Å². The van der Waals surface area contributed by atoms with Crippen LogP contribution in [0.25, 0.3) is 0 Å². The van der Waals surface area contributed by atoms with Crippen molar-refractivity contribution in [2.75, 3.05) is 13.1 Å². The number of carbonyl (C=O) groups excluding carboxylic acids is 1. The number of hydrogen-bond acceptors (Lipinski definition) is 2. The number of halogens is 1. The fourth-order valence-electron chi connectivity index (χ4n) is 7.31. The van der Waals surface area contributed by atoms with Gasteiger partial charge >= 0.3 is 0 Å². The highest BCUT2D eigenvalue weighted by Crippen LogP contribution is 2.61. The molecule has 2 unspecified atom stereocenters. The van der Waals surface area contributed by atoms with E-state index >= 15 is 0 Å². The maximum atomic E-state index is 13.2. The lowest BCUT2D eigenvalue weighted by Crippen LogP contribution is -2.50. The van der Waals surface area contributed by atoms with Crippen molar-refractivity contribution in [3.63, 3.8) is 0 Å². The molecule has 23 heavy (non-hydrogen) atoms. The van der Waals surface area contributed by atoms with Crippen LogP contribution in [-0.4, -0.2) is 36.0 Å². The van der Waals surface area contributed by atoms with E-state index in [2.05, 4.69) is 10.2 Å². The molecule has 0 aromatic rings. The van der Waals surface area contributed by atoms with Crippen molar-refractivity contribution in [2.24, 2.45) is 23.2 Å². The van der Waals surface area contributed by atoms with Gasteiger partial charge in [0.25, 0.3) is 0 Å². The maximum Gasteiger partial charge on any atom is 0.223 e. The summed E-state index contributed by atoms with van der Waals surface area (Å²) < 4.78 is 0. The zero-order chi connectivity index (χ0) is 14.7. The lowest BCUT2D eigenvalue weighted by atomic mass is 9.49. The first-order valence-corrected chi connectivity index (χ1v) is 9.73. The summed E-state index contributed by atoms with van der Waals surface area (Å²) in [5, 5.41) is 3.53. The topological polar surface area (TPSA) is 32.3 Å². The summed E-state index contributed by atoms with van der Waals surface area (Å²) in [6.45, 7) is 2.13. The van der Waals surface area contributed by atoms with Crippen molar-refractivity contribution < 1.29 is 4.79 Å². The Morgan fingerprint density at radius 3 is 2.22 bits per heavy atom. The van der Waals surface area contributed by atoms with Gasteiger partial charge in [0, 0.05) is 25.0 Å². The van der Waals surface area contributed by atoms with Crippen LogP contribution in [0, 0.1) is 23.2 Å². The van der Waals surface area contributed by atoms with Crippen LogP contribution in [0.5, 0.6) is 0 Å². The summed E-state index contributed by atoms with van der Waals surface area (Å²) in [5.41, 5.74) is 0.408. The van der Waals surface area contributed by atoms with Crippen molar-refractivity contribution in [2.45, 2.75) is 76.3 Å². The second kappa shape index (κ2) is 5.91. The zero-order valence-corrected chi connectivity index (χ0v) is 15.0. The maximum absolute atomic E-state index is 13.2. The highest BCUT2D eigenvalue weighted by molar-refractivity contribution is 5.85. The molecule has 0 aromatic heterocycles. The summed E-state index contributed by atoms with van der Waals surface area (Å²) >= 11 is 0. The Morgan fingerprint density at radius 1 is 0.957 bits per heavy atom. The number of nitrogens with zero attached hydrogens (tertiary/aromatic N) is 1. The fourth-order valence-corrected chi connectivity index (χ4v) is 7.31. The molecule has 4 saturated carbocycles. The summed E-state index contributed by atoms with van der Waals surface area (Å²) in [6.07, 6.45) is 13.1. The van der Waals surface area contributed by atoms with Gasteiger partial charge in [-0.15, -0.1) is 12.4 Å². The molecule has 1 amide bonds. The van der Waals surface area contributed by atoms with Gasteiger partial charge in [0.05, 0.1) is 0 Å². The van der Waals surface area contributed by atoms with Gasteiger partial charge in [-0.1, -0.05) is 0 Å². The zero-order valence-electron chi connectivity index (χ0n) is 14.1. The van der Waals surface area contributed by atoms with Crippen LogP contribution >= 0.6 is 12.4 Å². The van der Waals surface area contributed by atoms with Crippen molar-refractivity contribution in [1.29, 1.82) is 0 Å². The minimum atomic E-state index is 0. The standard InChI is InChI=1S/C19H30N2O.ClH/c22-18(21-16-1-2-17(21)12-20-4-3-16)11-19-8-13-5-14(9-19)7-15(6-13)10-19;/h13-17,20H,1-12H2;1H. The molecule has 3 nitrogen and oxygen atoms in total. The van der Waals surface area contributed by atoms with E-state index in [1.165, 1.54) is 57.8 Å². The van der Waals surface area contributed by atoms with E-state index in [1.807, 2.05) is 0 Å². The molecule has 2 aliphatic heterocycles. The third kappa shape index (κ3) is 2.72. The van der Waals surface area contributed by atoms with E-state index in [9.17, 15) is 4.79 Å². The van der Waals surface area contributed by atoms with Crippen LogP contribution in [-0.2, 0) is 4.79 Å². The Morgan fingerprint density at radius 2 is 1.57 bits per heavy atom. The molecule has 6 bridgehead atoms. The molecule has 4 aliphatic carbocycles. The molecule has 2 atom stereocenters. The van der Waals surface area contributed by atoms with Crippen LogP contribution in [0.15, 0.2) is 0 Å². The Labute approximate surface area is 146 Å². The summed E-state index contributed by atoms with van der Waals surface area (Å²) in [4.78, 5) is 15.5. The normalized spacial score (nSPS) is 47.3. The largest absolute Gasteiger partial charge is 0.335 e. The SMILES string of the molecule is Cl.O=C(CC12CC3CC(CC(C3)C1)C2)N1C2CCNCC1CC2. The molecule has 6 aliphatic rings. The number of nitrogens with one attached hydrogen (secondary N) is 1. The number of hydrogen-bond donors (Lipinski definition) is 1. The van der Waals surface area contributed by atoms with Crippen molar-refractivity contribution in [3.8, 4) is 0 Å². The lowest BCUT2D eigenvalue weighted by molar-refractivity contribution is -0.142. The quantitative estimate of drug-likeness (QED) is 0.837. The summed E-state index contributed by atoms with van der Waals surface area (Å²) in [7, 11) is 0. The molecule has 2 heterocycles. The first-order valence-electron chi connectivity index (χ1n) is 9.73. The highest BCUT2D eigenvalue weighted by atomic mass is 35.5. The third-order valence-corrected chi connectivity index (χ3v) is 7.63. The van der Waals surface area contributed by atoms with Crippen molar-refractivity contribution >= 4 is 18.3 Å². The molecule has 6 fully saturated rings. The van der Waals surface area contributed by atoms with Gasteiger partial charge in [-0.3, -0.25) is 4.79 Å². The van der Waals surface area contributed by atoms with E-state index in [0.717, 1.165) is 37.3 Å². The smallest absolute Gasteiger partial charge is 0.223 e. The molecule has 2 saturated heterocycles. The molecule has 0 spiro atoms. The number of rotatable bonds is 2. The molecular weight excluding hydrogens is 308 g/mol. The Bertz CT molecular complexity index is 431. The van der Waals surface area contributed by atoms with E-state index in [0.29, 0.717) is 23.4 Å². The molecular formula is C19H31ClN2O. The molecule has 4 heteroatoms. The minimum absolute atomic E-state index is 0. The summed E-state index contributed by atoms with van der Waals surface area (Å²) in [6, 6.07) is 1.04. The van der Waals surface area contributed by atoms with E-state index in [1.54, 1.807) is 0 Å². The molecule has 0 aromatic carbocycles. The molecule has 0 radical (unpaired) electrons. The second-order valence-corrected chi connectivity index (χ2v) is 9.27. The average molecular weight is 339 g/mol. The first-order chi connectivity index (χ1) is 10.7. The average Bonchev–Trinajstić information content (AvgIpc) is 2.70. The monoisotopic (exact) mass is 338 g/mol. The van der Waals surface area contributed by atoms with Crippen LogP contribution < -0.4 is 5.32 Å². The van der Waals surface area contributed by atoms with Gasteiger partial charge in [0.2, 0.25) is 5.91 Å². The molecule has 6 rings (SSSR count). The van der Waals surface area contributed by atoms with E-state index < -0.39 is 0 Å². The Kier molecular flexibility index (Phi) is 4.16. The number of carbonyl (C=O) groups is 1. The van der Waals surface area contributed by atoms with Crippen LogP contribution in [0.3, 0.4) is 0 Å². The Balaban J connectivity index is 0.00000135. The van der Waals surface area contributed by atoms with Crippen molar-refractivity contribution in [3.05, 3.63) is 0 Å². The highest BCUT2D eigenvalue weighted by Gasteiger charge is 2.52. The van der Waals surface area contributed by atoms with Gasteiger partial charge in [-0.2, -0.15) is 0 Å².